The topological polar surface area (TPSA) is 86.8 Å². The van der Waals surface area contributed by atoms with Crippen molar-refractivity contribution in [3.63, 3.8) is 0 Å². The molecule has 0 radical (unpaired) electrons. The van der Waals surface area contributed by atoms with Gasteiger partial charge in [0.25, 0.3) is 10.0 Å². The van der Waals surface area contributed by atoms with Gasteiger partial charge in [0, 0.05) is 23.5 Å². The van der Waals surface area contributed by atoms with Crippen molar-refractivity contribution < 1.29 is 18.0 Å². The molecule has 7 nitrogen and oxygen atoms in total. The highest BCUT2D eigenvalue weighted by molar-refractivity contribution is 7.92. The van der Waals surface area contributed by atoms with Crippen molar-refractivity contribution in [3.8, 4) is 0 Å². The number of anilines is 1. The fourth-order valence-electron chi connectivity index (χ4n) is 4.95. The third-order valence-corrected chi connectivity index (χ3v) is 9.41. The molecule has 0 saturated carbocycles. The highest BCUT2D eigenvalue weighted by atomic mass is 35.5. The average molecular weight is 646 g/mol. The highest BCUT2D eigenvalue weighted by Gasteiger charge is 2.35. The maximum absolute atomic E-state index is 14.6. The molecular weight excluding hydrogens is 606 g/mol. The molecule has 0 bridgehead atoms. The van der Waals surface area contributed by atoms with Crippen LogP contribution in [0.25, 0.3) is 0 Å². The van der Waals surface area contributed by atoms with Crippen LogP contribution in [0, 0.1) is 13.8 Å². The Morgan fingerprint density at radius 1 is 0.822 bits per heavy atom. The minimum atomic E-state index is -4.18. The molecule has 9 heteroatoms. The van der Waals surface area contributed by atoms with Gasteiger partial charge in [-0.25, -0.2) is 8.42 Å². The molecule has 2 amide bonds. The van der Waals surface area contributed by atoms with Gasteiger partial charge in [-0.3, -0.25) is 13.9 Å². The number of amides is 2. The van der Waals surface area contributed by atoms with E-state index >= 15 is 0 Å². The molecule has 236 valence electrons. The van der Waals surface area contributed by atoms with Crippen LogP contribution in [0.2, 0.25) is 5.02 Å². The number of rotatable bonds is 11. The van der Waals surface area contributed by atoms with Crippen molar-refractivity contribution in [2.24, 2.45) is 0 Å². The zero-order valence-electron chi connectivity index (χ0n) is 26.3. The molecular formula is C36H40ClN3O4S. The fourth-order valence-corrected chi connectivity index (χ4v) is 6.49. The second-order valence-corrected chi connectivity index (χ2v) is 14.5. The number of benzene rings is 4. The molecule has 0 saturated heterocycles. The molecule has 1 atom stereocenters. The van der Waals surface area contributed by atoms with Crippen LogP contribution in [0.1, 0.15) is 43.0 Å². The Labute approximate surface area is 271 Å². The van der Waals surface area contributed by atoms with Crippen LogP contribution < -0.4 is 9.62 Å². The standard InChI is InChI=1S/C36H40ClN3O4S/c1-26-15-21-32(22-16-26)45(43,44)40(31-19-17-30(37)18-20-31)25-34(41)39(24-29-14-10-9-11-27(29)2)33(35(42)38-36(3,4)5)23-28-12-7-6-8-13-28/h6-22,33H,23-25H2,1-5H3,(H,38,42)/t33-/m0/s1. The van der Waals surface area contributed by atoms with E-state index in [1.807, 2.05) is 89.2 Å². The normalized spacial score (nSPS) is 12.3. The van der Waals surface area contributed by atoms with E-state index in [4.69, 9.17) is 11.6 Å². The van der Waals surface area contributed by atoms with Gasteiger partial charge in [0.15, 0.2) is 0 Å². The molecule has 0 aromatic heterocycles. The number of halogens is 1. The van der Waals surface area contributed by atoms with E-state index in [-0.39, 0.29) is 29.5 Å². The fraction of sp³-hybridized carbons (Fsp3) is 0.278. The third-order valence-electron chi connectivity index (χ3n) is 7.37. The summed E-state index contributed by atoms with van der Waals surface area (Å²) in [6.07, 6.45) is 0.242. The van der Waals surface area contributed by atoms with Crippen LogP contribution in [0.3, 0.4) is 0 Å². The van der Waals surface area contributed by atoms with Gasteiger partial charge in [0.05, 0.1) is 10.6 Å². The molecule has 1 N–H and O–H groups in total. The lowest BCUT2D eigenvalue weighted by Gasteiger charge is -2.35. The molecule has 0 aliphatic rings. The summed E-state index contributed by atoms with van der Waals surface area (Å²) in [6.45, 7) is 9.05. The lowest BCUT2D eigenvalue weighted by atomic mass is 10.00. The first-order chi connectivity index (χ1) is 21.2. The van der Waals surface area contributed by atoms with Crippen molar-refractivity contribution >= 4 is 39.1 Å². The number of aryl methyl sites for hydroxylation is 2. The summed E-state index contributed by atoms with van der Waals surface area (Å²) in [5, 5.41) is 3.48. The van der Waals surface area contributed by atoms with Crippen molar-refractivity contribution in [3.05, 3.63) is 130 Å². The Morgan fingerprint density at radius 2 is 1.42 bits per heavy atom. The zero-order valence-corrected chi connectivity index (χ0v) is 27.9. The molecule has 4 aromatic rings. The SMILES string of the molecule is Cc1ccc(S(=O)(=O)N(CC(=O)N(Cc2ccccc2C)[C@@H](Cc2ccccc2)C(=O)NC(C)(C)C)c2ccc(Cl)cc2)cc1. The van der Waals surface area contributed by atoms with Gasteiger partial charge in [-0.15, -0.1) is 0 Å². The van der Waals surface area contributed by atoms with E-state index in [1.54, 1.807) is 36.4 Å². The maximum Gasteiger partial charge on any atom is 0.264 e. The van der Waals surface area contributed by atoms with Gasteiger partial charge in [0.1, 0.15) is 12.6 Å². The van der Waals surface area contributed by atoms with Crippen LogP contribution in [-0.2, 0) is 32.6 Å². The molecule has 0 fully saturated rings. The summed E-state index contributed by atoms with van der Waals surface area (Å²) in [7, 11) is -4.18. The highest BCUT2D eigenvalue weighted by Crippen LogP contribution is 2.27. The molecule has 0 heterocycles. The summed E-state index contributed by atoms with van der Waals surface area (Å²) in [4.78, 5) is 30.1. The number of carbonyl (C=O) groups excluding carboxylic acids is 2. The Bertz CT molecular complexity index is 1720. The minimum Gasteiger partial charge on any atom is -0.350 e. The van der Waals surface area contributed by atoms with E-state index in [1.165, 1.54) is 17.0 Å². The van der Waals surface area contributed by atoms with E-state index < -0.39 is 34.1 Å². The Balaban J connectivity index is 1.82. The summed E-state index contributed by atoms with van der Waals surface area (Å²) < 4.78 is 29.3. The monoisotopic (exact) mass is 645 g/mol. The lowest BCUT2D eigenvalue weighted by Crippen LogP contribution is -2.56. The number of hydrogen-bond donors (Lipinski definition) is 1. The number of nitrogens with zero attached hydrogens (tertiary/aromatic N) is 2. The smallest absolute Gasteiger partial charge is 0.264 e. The van der Waals surface area contributed by atoms with Gasteiger partial charge in [-0.05, 0) is 87.7 Å². The van der Waals surface area contributed by atoms with Crippen LogP contribution in [0.15, 0.2) is 108 Å². The van der Waals surface area contributed by atoms with Gasteiger partial charge in [-0.2, -0.15) is 0 Å². The minimum absolute atomic E-state index is 0.0487. The Kier molecular flexibility index (Phi) is 10.7. The molecule has 0 unspecified atom stereocenters. The molecule has 0 aliphatic heterocycles. The molecule has 4 rings (SSSR count). The first-order valence-electron chi connectivity index (χ1n) is 14.8. The van der Waals surface area contributed by atoms with Crippen molar-refractivity contribution in [1.82, 2.24) is 10.2 Å². The summed E-state index contributed by atoms with van der Waals surface area (Å²) in [5.41, 5.74) is 3.30. The quantitative estimate of drug-likeness (QED) is 0.197. The van der Waals surface area contributed by atoms with Gasteiger partial charge in [-0.1, -0.05) is 83.9 Å². The van der Waals surface area contributed by atoms with Gasteiger partial charge in [0.2, 0.25) is 11.8 Å². The molecule has 0 spiro atoms. The first kappa shape index (κ1) is 33.7. The summed E-state index contributed by atoms with van der Waals surface area (Å²) >= 11 is 6.14. The van der Waals surface area contributed by atoms with E-state index in [0.29, 0.717) is 5.02 Å². The predicted molar refractivity (Wildman–Crippen MR) is 181 cm³/mol. The van der Waals surface area contributed by atoms with E-state index in [2.05, 4.69) is 5.32 Å². The molecule has 45 heavy (non-hydrogen) atoms. The summed E-state index contributed by atoms with van der Waals surface area (Å²) in [5.74, 6) is -0.846. The third kappa shape index (κ3) is 8.96. The average Bonchev–Trinajstić information content (AvgIpc) is 2.99. The van der Waals surface area contributed by atoms with Crippen molar-refractivity contribution in [1.29, 1.82) is 0 Å². The van der Waals surface area contributed by atoms with Crippen molar-refractivity contribution in [2.75, 3.05) is 10.8 Å². The van der Waals surface area contributed by atoms with E-state index in [9.17, 15) is 18.0 Å². The first-order valence-corrected chi connectivity index (χ1v) is 16.6. The molecule has 0 aliphatic carbocycles. The zero-order chi connectivity index (χ0) is 32.8. The van der Waals surface area contributed by atoms with Gasteiger partial charge >= 0.3 is 0 Å². The number of sulfonamides is 1. The Hall–Kier alpha value is -4.14. The number of nitrogens with one attached hydrogen (secondary N) is 1. The van der Waals surface area contributed by atoms with E-state index in [0.717, 1.165) is 26.6 Å². The van der Waals surface area contributed by atoms with Crippen LogP contribution in [0.5, 0.6) is 0 Å². The predicted octanol–water partition coefficient (Wildman–Crippen LogP) is 6.71. The Morgan fingerprint density at radius 3 is 2.02 bits per heavy atom. The van der Waals surface area contributed by atoms with Gasteiger partial charge < -0.3 is 10.2 Å². The second kappa shape index (κ2) is 14.3. The second-order valence-electron chi connectivity index (χ2n) is 12.2. The number of hydrogen-bond acceptors (Lipinski definition) is 4. The largest absolute Gasteiger partial charge is 0.350 e. The number of carbonyl (C=O) groups is 2. The van der Waals surface area contributed by atoms with Crippen LogP contribution in [0.4, 0.5) is 5.69 Å². The van der Waals surface area contributed by atoms with Crippen molar-refractivity contribution in [2.45, 2.75) is 64.1 Å². The van der Waals surface area contributed by atoms with Crippen LogP contribution >= 0.6 is 11.6 Å². The molecule has 4 aromatic carbocycles. The summed E-state index contributed by atoms with van der Waals surface area (Å²) in [6, 6.07) is 29.0. The maximum atomic E-state index is 14.6. The van der Waals surface area contributed by atoms with Crippen LogP contribution in [-0.4, -0.2) is 43.3 Å². The lowest BCUT2D eigenvalue weighted by molar-refractivity contribution is -0.140.